The van der Waals surface area contributed by atoms with Crippen LogP contribution in [-0.2, 0) is 66.6 Å². The molecule has 1 aromatic heterocycles. The lowest BCUT2D eigenvalue weighted by Crippen LogP contribution is -2.47. The molecule has 24 nitrogen and oxygen atoms in total. The molecule has 6 aromatic rings. The number of hydrogen-bond acceptors (Lipinski definition) is 19. The van der Waals surface area contributed by atoms with Gasteiger partial charge in [0.15, 0.2) is 39.7 Å². The summed E-state index contributed by atoms with van der Waals surface area (Å²) in [4.78, 5) is 91.6. The fraction of sp³-hybridized carbons (Fsp3) is 0.400. The van der Waals surface area contributed by atoms with Crippen molar-refractivity contribution in [3.05, 3.63) is 163 Å². The van der Waals surface area contributed by atoms with Gasteiger partial charge in [0.2, 0.25) is 5.91 Å². The predicted octanol–water partition coefficient (Wildman–Crippen LogP) is 13.8. The maximum Gasteiger partial charge on any atom is 0.416 e. The van der Waals surface area contributed by atoms with Crippen molar-refractivity contribution in [3.63, 3.8) is 0 Å². The van der Waals surface area contributed by atoms with Crippen LogP contribution in [0.15, 0.2) is 113 Å². The highest BCUT2D eigenvalue weighted by Gasteiger charge is 2.38. The Balaban J connectivity index is 0.000000278. The van der Waals surface area contributed by atoms with Gasteiger partial charge in [0.25, 0.3) is 11.6 Å². The zero-order valence-electron chi connectivity index (χ0n) is 55.5. The number of nitrogens with zero attached hydrogens (tertiary/aromatic N) is 4. The average Bonchev–Trinajstić information content (AvgIpc) is 1.76. The highest BCUT2D eigenvalue weighted by Crippen LogP contribution is 2.43. The highest BCUT2D eigenvalue weighted by atomic mass is 35.5. The molecule has 2 aliphatic rings. The van der Waals surface area contributed by atoms with Gasteiger partial charge in [-0.3, -0.25) is 33.9 Å². The first-order valence-corrected chi connectivity index (χ1v) is 36.2. The van der Waals surface area contributed by atoms with Crippen molar-refractivity contribution in [2.45, 2.75) is 119 Å². The molecule has 0 saturated heterocycles. The second kappa shape index (κ2) is 37.9. The number of nitro benzene ring substituents is 1. The minimum atomic E-state index is -4.71. The number of aromatic nitrogens is 1. The summed E-state index contributed by atoms with van der Waals surface area (Å²) in [5, 5.41) is 22.7. The van der Waals surface area contributed by atoms with E-state index in [1.54, 1.807) is 23.8 Å². The Bertz CT molecular complexity index is 4090. The molecule has 101 heavy (non-hydrogen) atoms. The lowest BCUT2D eigenvalue weighted by molar-refractivity contribution is -0.385. The van der Waals surface area contributed by atoms with E-state index in [9.17, 15) is 78.2 Å². The molecule has 0 spiro atoms. The number of ketones is 1. The van der Waals surface area contributed by atoms with Crippen molar-refractivity contribution in [3.8, 4) is 17.2 Å². The van der Waals surface area contributed by atoms with Crippen LogP contribution >= 0.6 is 53.8 Å². The van der Waals surface area contributed by atoms with Gasteiger partial charge in [-0.2, -0.15) is 26.3 Å². The molecule has 552 valence electrons. The van der Waals surface area contributed by atoms with Gasteiger partial charge in [0, 0.05) is 49.8 Å². The summed E-state index contributed by atoms with van der Waals surface area (Å²) < 4.78 is 142. The number of nitro groups is 1. The summed E-state index contributed by atoms with van der Waals surface area (Å²) >= 11 is 22.8. The Morgan fingerprint density at radius 3 is 2.07 bits per heavy atom. The van der Waals surface area contributed by atoms with E-state index in [2.05, 4.69) is 18.1 Å². The first kappa shape index (κ1) is 85.5. The third-order valence-corrected chi connectivity index (χ3v) is 17.5. The Morgan fingerprint density at radius 1 is 0.911 bits per heavy atom. The minimum Gasteiger partial charge on any atom is -0.489 e. The third-order valence-electron chi connectivity index (χ3n) is 14.3. The van der Waals surface area contributed by atoms with Gasteiger partial charge in [-0.1, -0.05) is 77.2 Å². The molecule has 8 rings (SSSR count). The number of aliphatic carboxylic acids is 1. The lowest BCUT2D eigenvalue weighted by atomic mass is 10.0. The molecule has 1 aliphatic heterocycles. The number of amides is 2. The average molecular weight is 1550 g/mol. The van der Waals surface area contributed by atoms with Crippen molar-refractivity contribution in [1.29, 1.82) is 0 Å². The molecule has 0 radical (unpaired) electrons. The van der Waals surface area contributed by atoms with Crippen molar-refractivity contribution in [1.82, 2.24) is 5.16 Å². The Labute approximate surface area is 596 Å². The molecule has 2 amide bonds. The van der Waals surface area contributed by atoms with E-state index in [0.717, 1.165) is 84.4 Å². The SMILES string of the molecule is CC1COc2ccccc2N1C(=O)C(Cl)Cl.CCOC(=O)C(C)OC(=O)c1cc(Oc2ccc(C(F)(F)F)cc2Cl)ccc1[N+](=O)[O-].CCc1cccc(C)c1N(C(=O)CCl)C(C)COC.CP(=O)(O)CCC(N)C(=O)O.CS(=O)(=O)c1cc(C(F)(F)F)ccc1C(=O)c1cnoc1C1CC1. The number of methoxy groups -OCH3 is 1. The van der Waals surface area contributed by atoms with Gasteiger partial charge in [0.1, 0.15) is 41.3 Å². The number of carbonyl (C=O) groups is 6. The number of carbonyl (C=O) groups excluding carboxylic acids is 5. The van der Waals surface area contributed by atoms with Crippen molar-refractivity contribution in [2.24, 2.45) is 5.73 Å². The second-order valence-corrected chi connectivity index (χ2v) is 28.8. The quantitative estimate of drug-likeness (QED) is 0.0108. The minimum absolute atomic E-state index is 0.0223. The van der Waals surface area contributed by atoms with Crippen LogP contribution < -0.4 is 25.0 Å². The number of fused-ring (bicyclic) bond motifs is 1. The summed E-state index contributed by atoms with van der Waals surface area (Å²) in [5.74, 6) is -3.56. The van der Waals surface area contributed by atoms with Crippen LogP contribution in [0.25, 0.3) is 0 Å². The number of carboxylic acids is 1. The summed E-state index contributed by atoms with van der Waals surface area (Å²) in [6.45, 7) is 12.9. The number of esters is 2. The van der Waals surface area contributed by atoms with E-state index in [0.29, 0.717) is 42.9 Å². The van der Waals surface area contributed by atoms with Gasteiger partial charge in [-0.25, -0.2) is 18.0 Å². The van der Waals surface area contributed by atoms with Crippen LogP contribution in [0, 0.1) is 17.0 Å². The van der Waals surface area contributed by atoms with Crippen LogP contribution in [0.3, 0.4) is 0 Å². The normalized spacial score (nSPS) is 14.8. The van der Waals surface area contributed by atoms with Crippen molar-refractivity contribution >= 4 is 116 Å². The number of rotatable bonds is 22. The number of sulfone groups is 1. The van der Waals surface area contributed by atoms with Crippen LogP contribution in [0.5, 0.6) is 17.2 Å². The van der Waals surface area contributed by atoms with Crippen LogP contribution in [0.2, 0.25) is 5.02 Å². The number of carboxylic acid groups (broad SMARTS) is 1. The molecule has 1 fully saturated rings. The number of para-hydroxylation sites is 3. The summed E-state index contributed by atoms with van der Waals surface area (Å²) in [5.41, 5.74) is 5.48. The Morgan fingerprint density at radius 2 is 1.53 bits per heavy atom. The van der Waals surface area contributed by atoms with E-state index < -0.39 is 102 Å². The van der Waals surface area contributed by atoms with E-state index in [4.69, 9.17) is 90.3 Å². The van der Waals surface area contributed by atoms with Crippen LogP contribution in [0.4, 0.5) is 43.4 Å². The molecule has 5 aromatic carbocycles. The number of hydrogen-bond donors (Lipinski definition) is 3. The van der Waals surface area contributed by atoms with Crippen molar-refractivity contribution in [2.75, 3.05) is 61.7 Å². The third kappa shape index (κ3) is 25.3. The van der Waals surface area contributed by atoms with Gasteiger partial charge in [-0.15, -0.1) is 11.6 Å². The number of ether oxygens (including phenoxy) is 5. The van der Waals surface area contributed by atoms with Gasteiger partial charge >= 0.3 is 30.3 Å². The number of aryl methyl sites for hydroxylation is 2. The summed E-state index contributed by atoms with van der Waals surface area (Å²) in [6.07, 6.45) is -6.21. The molecule has 1 saturated carbocycles. The fourth-order valence-corrected chi connectivity index (χ4v) is 11.5. The highest BCUT2D eigenvalue weighted by molar-refractivity contribution is 7.90. The topological polar surface area (TPSA) is 342 Å². The van der Waals surface area contributed by atoms with E-state index in [1.165, 1.54) is 19.8 Å². The van der Waals surface area contributed by atoms with Crippen LogP contribution in [-0.4, -0.2) is 145 Å². The Hall–Kier alpha value is -7.87. The van der Waals surface area contributed by atoms with Crippen molar-refractivity contribution < 1.29 is 111 Å². The molecule has 5 unspecified atom stereocenters. The number of alkyl halides is 9. The lowest BCUT2D eigenvalue weighted by Gasteiger charge is -2.35. The van der Waals surface area contributed by atoms with Gasteiger partial charge in [0.05, 0.1) is 74.4 Å². The number of nitrogens with two attached hydrogens (primary N) is 1. The van der Waals surface area contributed by atoms with E-state index in [-0.39, 0.29) is 82.5 Å². The van der Waals surface area contributed by atoms with E-state index in [1.807, 2.05) is 57.2 Å². The standard InChI is InChI=1S/C19H15ClF3NO7.C15H22ClNO2.C15H12F3NO4S.C11H11Cl2NO2.C5H12NO4P/c1-3-29-17(25)10(2)30-18(26)13-9-12(5-6-15(13)24(27)28)31-16-7-4-11(8-14(16)20)19(21,22)23;1-5-13-8-6-7-11(2)15(13)17(14(18)9-16)12(3)10-19-4;1-24(21,22)12-6-9(15(16,17)18)4-5-10(12)13(20)11-7-19-23-14(11)8-2-3-8;1-7-6-16-9-5-3-2-4-8(9)14(7)11(15)10(12)13;1-11(9,10)3-2-4(6)5(7)8/h4-10H,3H2,1-2H3;6-8,12H,5,9-10H2,1-4H3;4-8H,2-3H2,1H3;2-5,7,10H,6H2,1H3;4H,2-3,6H2,1H3,(H,7,8)(H,9,10). The molecule has 2 heterocycles. The number of anilines is 2. The first-order valence-electron chi connectivity index (χ1n) is 30.2. The smallest absolute Gasteiger partial charge is 0.416 e. The zero-order chi connectivity index (χ0) is 76.2. The summed E-state index contributed by atoms with van der Waals surface area (Å²) in [6, 6.07) is 19.7. The van der Waals surface area contributed by atoms with E-state index >= 15 is 0 Å². The predicted molar refractivity (Wildman–Crippen MR) is 363 cm³/mol. The molecule has 1 aliphatic carbocycles. The van der Waals surface area contributed by atoms with Gasteiger partial charge in [-0.05, 0) is 126 Å². The first-order chi connectivity index (χ1) is 47.0. The fourth-order valence-electron chi connectivity index (χ4n) is 9.28. The molecular weight excluding hydrogens is 1470 g/mol. The zero-order valence-corrected chi connectivity index (χ0v) is 60.2. The summed E-state index contributed by atoms with van der Waals surface area (Å²) in [7, 11) is -5.51. The maximum atomic E-state index is 12.8. The van der Waals surface area contributed by atoms with Crippen LogP contribution in [0.1, 0.15) is 114 Å². The molecule has 36 heteroatoms. The molecular formula is C65H72Cl4F6N5O19PS. The second-order valence-electron chi connectivity index (χ2n) is 22.5. The number of halogens is 10. The largest absolute Gasteiger partial charge is 0.489 e. The Kier molecular flexibility index (Phi) is 32.1. The molecule has 5 atom stereocenters. The van der Waals surface area contributed by atoms with Gasteiger partial charge < -0.3 is 53.7 Å². The molecule has 0 bridgehead atoms. The molecule has 4 N–H and O–H groups in total. The number of benzene rings is 5. The monoisotopic (exact) mass is 1540 g/mol. The maximum absolute atomic E-state index is 12.8.